The highest BCUT2D eigenvalue weighted by Gasteiger charge is 2.42. The lowest BCUT2D eigenvalue weighted by molar-refractivity contribution is -0.150. The molecule has 3 atom stereocenters. The average molecular weight is 315 g/mol. The Morgan fingerprint density at radius 2 is 2.22 bits per heavy atom. The summed E-state index contributed by atoms with van der Waals surface area (Å²) in [6.07, 6.45) is 0.784. The molecule has 0 amide bonds. The van der Waals surface area contributed by atoms with Crippen LogP contribution in [0.3, 0.4) is 0 Å². The summed E-state index contributed by atoms with van der Waals surface area (Å²) in [6.45, 7) is 3.62. The first-order valence-corrected chi connectivity index (χ1v) is 8.18. The first-order valence-electron chi connectivity index (χ1n) is 8.18. The number of hydrogen-bond acceptors (Lipinski definition) is 4. The van der Waals surface area contributed by atoms with E-state index in [1.165, 1.54) is 0 Å². The lowest BCUT2D eigenvalue weighted by Crippen LogP contribution is -2.51. The zero-order valence-electron chi connectivity index (χ0n) is 13.4. The quantitative estimate of drug-likeness (QED) is 0.849. The maximum Gasteiger partial charge on any atom is 0.326 e. The molecule has 122 valence electrons. The highest BCUT2D eigenvalue weighted by molar-refractivity contribution is 5.81. The van der Waals surface area contributed by atoms with E-state index in [0.717, 1.165) is 23.0 Å². The largest absolute Gasteiger partial charge is 0.466 e. The Kier molecular flexibility index (Phi) is 3.30. The predicted octanol–water partition coefficient (Wildman–Crippen LogP) is 1.31. The Morgan fingerprint density at radius 3 is 3.00 bits per heavy atom. The lowest BCUT2D eigenvalue weighted by atomic mass is 9.77. The molecule has 2 aliphatic heterocycles. The van der Waals surface area contributed by atoms with Crippen LogP contribution in [0.2, 0.25) is 0 Å². The number of piperidine rings is 1. The van der Waals surface area contributed by atoms with Crippen molar-refractivity contribution in [2.45, 2.75) is 31.8 Å². The topological polar surface area (TPSA) is 67.3 Å². The van der Waals surface area contributed by atoms with Crippen molar-refractivity contribution >= 4 is 17.0 Å². The number of likely N-dealkylation sites (tertiary alicyclic amines) is 1. The summed E-state index contributed by atoms with van der Waals surface area (Å²) in [5.74, 6) is 0.0396. The molecule has 0 aliphatic carbocycles. The van der Waals surface area contributed by atoms with Gasteiger partial charge >= 0.3 is 11.7 Å². The molecule has 4 rings (SSSR count). The van der Waals surface area contributed by atoms with Crippen molar-refractivity contribution in [2.75, 3.05) is 20.2 Å². The van der Waals surface area contributed by atoms with Crippen LogP contribution in [0.25, 0.3) is 11.0 Å². The summed E-state index contributed by atoms with van der Waals surface area (Å²) < 4.78 is 7.07. The van der Waals surface area contributed by atoms with Crippen LogP contribution >= 0.6 is 0 Å². The molecule has 1 saturated heterocycles. The number of likely N-dealkylation sites (N-methyl/N-ethyl adjacent to an activating group) is 1. The highest BCUT2D eigenvalue weighted by atomic mass is 16.5. The summed E-state index contributed by atoms with van der Waals surface area (Å²) in [5, 5.41) is 0. The minimum absolute atomic E-state index is 0.0492. The Bertz CT molecular complexity index is 822. The number of esters is 1. The van der Waals surface area contributed by atoms with Crippen molar-refractivity contribution in [3.8, 4) is 0 Å². The van der Waals surface area contributed by atoms with Gasteiger partial charge in [-0.3, -0.25) is 9.36 Å². The van der Waals surface area contributed by atoms with Gasteiger partial charge in [-0.15, -0.1) is 0 Å². The summed E-state index contributed by atoms with van der Waals surface area (Å²) >= 11 is 0. The van der Waals surface area contributed by atoms with Gasteiger partial charge in [0.05, 0.1) is 23.6 Å². The molecule has 0 radical (unpaired) electrons. The molecule has 0 spiro atoms. The minimum Gasteiger partial charge on any atom is -0.466 e. The number of nitrogens with zero attached hydrogens (tertiary/aromatic N) is 2. The van der Waals surface area contributed by atoms with Crippen molar-refractivity contribution in [3.63, 3.8) is 0 Å². The highest BCUT2D eigenvalue weighted by Crippen LogP contribution is 2.41. The van der Waals surface area contributed by atoms with Gasteiger partial charge in [-0.2, -0.15) is 0 Å². The fourth-order valence-electron chi connectivity index (χ4n) is 4.27. The Labute approximate surface area is 134 Å². The van der Waals surface area contributed by atoms with Crippen molar-refractivity contribution in [3.05, 3.63) is 34.2 Å². The van der Waals surface area contributed by atoms with Crippen LogP contribution in [0.1, 0.15) is 24.8 Å². The maximum absolute atomic E-state index is 12.2. The lowest BCUT2D eigenvalue weighted by Gasteiger charge is -2.44. The number of ether oxygens (including phenoxy) is 1. The van der Waals surface area contributed by atoms with Crippen LogP contribution in [-0.4, -0.2) is 46.7 Å². The monoisotopic (exact) mass is 315 g/mol. The van der Waals surface area contributed by atoms with Crippen molar-refractivity contribution in [1.29, 1.82) is 0 Å². The van der Waals surface area contributed by atoms with Gasteiger partial charge < -0.3 is 14.6 Å². The predicted molar refractivity (Wildman–Crippen MR) is 86.5 cm³/mol. The van der Waals surface area contributed by atoms with E-state index in [2.05, 4.69) is 16.0 Å². The fourth-order valence-corrected chi connectivity index (χ4v) is 4.27. The summed E-state index contributed by atoms with van der Waals surface area (Å²) in [5.41, 5.74) is 2.99. The number of rotatable bonds is 2. The van der Waals surface area contributed by atoms with Gasteiger partial charge in [0.1, 0.15) is 0 Å². The second-order valence-corrected chi connectivity index (χ2v) is 6.58. The van der Waals surface area contributed by atoms with Gasteiger partial charge in [0.2, 0.25) is 0 Å². The molecule has 2 aromatic rings. The van der Waals surface area contributed by atoms with E-state index in [-0.39, 0.29) is 29.5 Å². The summed E-state index contributed by atoms with van der Waals surface area (Å²) in [4.78, 5) is 29.5. The van der Waals surface area contributed by atoms with Crippen LogP contribution < -0.4 is 5.69 Å². The molecule has 3 unspecified atom stereocenters. The molecule has 6 nitrogen and oxygen atoms in total. The third kappa shape index (κ3) is 2.12. The molecule has 23 heavy (non-hydrogen) atoms. The second-order valence-electron chi connectivity index (χ2n) is 6.58. The van der Waals surface area contributed by atoms with Crippen molar-refractivity contribution < 1.29 is 9.53 Å². The normalized spacial score (nSPS) is 27.0. The molecular weight excluding hydrogens is 294 g/mol. The van der Waals surface area contributed by atoms with Gasteiger partial charge in [-0.05, 0) is 32.0 Å². The van der Waals surface area contributed by atoms with Crippen molar-refractivity contribution in [1.82, 2.24) is 14.5 Å². The molecule has 1 fully saturated rings. The standard InChI is InChI=1S/C17H21N3O3/c1-3-23-16(21)10-7-12-11-5-4-6-13-15(11)20(17(22)18-13)9-14(12)19(2)8-10/h4-6,10,12,14H,3,7-9H2,1-2H3,(H,18,22). The van der Waals surface area contributed by atoms with Crippen LogP contribution in [0.15, 0.2) is 23.0 Å². The number of aromatic nitrogens is 2. The van der Waals surface area contributed by atoms with Gasteiger partial charge in [0.25, 0.3) is 0 Å². The molecule has 3 heterocycles. The molecule has 1 N–H and O–H groups in total. The number of para-hydroxylation sites is 1. The molecular formula is C17H21N3O3. The molecule has 6 heteroatoms. The average Bonchev–Trinajstić information content (AvgIpc) is 2.86. The minimum atomic E-state index is -0.109. The van der Waals surface area contributed by atoms with E-state index < -0.39 is 0 Å². The zero-order valence-corrected chi connectivity index (χ0v) is 13.4. The number of carbonyl (C=O) groups is 1. The van der Waals surface area contributed by atoms with Gasteiger partial charge in [0, 0.05) is 25.0 Å². The molecule has 0 bridgehead atoms. The first-order chi connectivity index (χ1) is 11.1. The Balaban J connectivity index is 1.78. The van der Waals surface area contributed by atoms with E-state index in [4.69, 9.17) is 4.74 Å². The van der Waals surface area contributed by atoms with Crippen LogP contribution in [0.5, 0.6) is 0 Å². The molecule has 2 aliphatic rings. The van der Waals surface area contributed by atoms with Gasteiger partial charge in [-0.1, -0.05) is 12.1 Å². The molecule has 1 aromatic heterocycles. The summed E-state index contributed by atoms with van der Waals surface area (Å²) in [6, 6.07) is 6.25. The first kappa shape index (κ1) is 14.5. The molecule has 0 saturated carbocycles. The SMILES string of the molecule is CCOC(=O)C1CC2c3cccc4[nH]c(=O)n(c34)CC2N(C)C1. The van der Waals surface area contributed by atoms with E-state index in [9.17, 15) is 9.59 Å². The third-order valence-electron chi connectivity index (χ3n) is 5.29. The Hall–Kier alpha value is -2.08. The number of hydrogen-bond donors (Lipinski definition) is 1. The van der Waals surface area contributed by atoms with E-state index in [1.807, 2.05) is 30.7 Å². The number of nitrogens with one attached hydrogen (secondary N) is 1. The van der Waals surface area contributed by atoms with Gasteiger partial charge in [0.15, 0.2) is 0 Å². The molecule has 1 aromatic carbocycles. The van der Waals surface area contributed by atoms with Crippen LogP contribution in [0, 0.1) is 5.92 Å². The van der Waals surface area contributed by atoms with Crippen molar-refractivity contribution in [2.24, 2.45) is 5.92 Å². The van der Waals surface area contributed by atoms with Crippen LogP contribution in [0.4, 0.5) is 0 Å². The van der Waals surface area contributed by atoms with E-state index in [0.29, 0.717) is 19.7 Å². The number of H-pyrrole nitrogens is 1. The maximum atomic E-state index is 12.2. The summed E-state index contributed by atoms with van der Waals surface area (Å²) in [7, 11) is 2.03. The zero-order chi connectivity index (χ0) is 16.1. The van der Waals surface area contributed by atoms with E-state index in [1.54, 1.807) is 0 Å². The van der Waals surface area contributed by atoms with E-state index >= 15 is 0 Å². The fraction of sp³-hybridized carbons (Fsp3) is 0.529. The number of fused-ring (bicyclic) bond motifs is 2. The number of imidazole rings is 1. The third-order valence-corrected chi connectivity index (χ3v) is 5.29. The van der Waals surface area contributed by atoms with Gasteiger partial charge in [-0.25, -0.2) is 4.79 Å². The smallest absolute Gasteiger partial charge is 0.326 e. The number of aromatic amines is 1. The Morgan fingerprint density at radius 1 is 1.39 bits per heavy atom. The second kappa shape index (κ2) is 5.23. The van der Waals surface area contributed by atoms with Crippen LogP contribution in [-0.2, 0) is 16.1 Å². The number of carbonyl (C=O) groups excluding carboxylic acids is 1. The number of benzene rings is 1.